The molecule has 1 aromatic rings. The van der Waals surface area contributed by atoms with E-state index < -0.39 is 10.8 Å². The van der Waals surface area contributed by atoms with Gasteiger partial charge in [-0.1, -0.05) is 0 Å². The molecule has 1 aliphatic heterocycles. The van der Waals surface area contributed by atoms with Crippen LogP contribution in [0.2, 0.25) is 0 Å². The lowest BCUT2D eigenvalue weighted by atomic mass is 10.1. The van der Waals surface area contributed by atoms with Crippen molar-refractivity contribution >= 4 is 17.4 Å². The molecule has 20 heavy (non-hydrogen) atoms. The molecular formula is C12H16N4O4. The number of nitrogens with zero attached hydrogens (tertiary/aromatic N) is 2. The topological polar surface area (TPSA) is 106 Å². The Labute approximate surface area is 115 Å². The summed E-state index contributed by atoms with van der Waals surface area (Å²) in [5.74, 6) is -0.0461. The van der Waals surface area contributed by atoms with E-state index in [1.807, 2.05) is 0 Å². The highest BCUT2D eigenvalue weighted by Crippen LogP contribution is 2.20. The first-order valence-corrected chi connectivity index (χ1v) is 6.32. The molecule has 2 N–H and O–H groups in total. The van der Waals surface area contributed by atoms with Crippen molar-refractivity contribution in [2.24, 2.45) is 0 Å². The second kappa shape index (κ2) is 6.29. The van der Waals surface area contributed by atoms with Crippen molar-refractivity contribution in [1.29, 1.82) is 0 Å². The Morgan fingerprint density at radius 1 is 1.50 bits per heavy atom. The summed E-state index contributed by atoms with van der Waals surface area (Å²) in [6.45, 7) is 1.18. The molecule has 0 aliphatic carbocycles. The molecule has 1 aromatic heterocycles. The first-order chi connectivity index (χ1) is 9.61. The summed E-state index contributed by atoms with van der Waals surface area (Å²) in [4.78, 5) is 26.4. The highest BCUT2D eigenvalue weighted by atomic mass is 16.6. The lowest BCUT2D eigenvalue weighted by molar-refractivity contribution is -0.385. The molecule has 8 nitrogen and oxygen atoms in total. The van der Waals surface area contributed by atoms with Gasteiger partial charge in [0.05, 0.1) is 4.92 Å². The monoisotopic (exact) mass is 280 g/mol. The Morgan fingerprint density at radius 3 is 2.80 bits per heavy atom. The molecule has 1 fully saturated rings. The number of hydrogen-bond donors (Lipinski definition) is 2. The molecule has 0 aromatic carbocycles. The summed E-state index contributed by atoms with van der Waals surface area (Å²) in [5.41, 5.74) is -0.283. The zero-order valence-electron chi connectivity index (χ0n) is 11.1. The number of rotatable bonds is 4. The SMILES string of the molecule is CNc1cc(C(=O)NC2CCOCC2)c([N+](=O)[O-])cn1. The second-order valence-electron chi connectivity index (χ2n) is 4.45. The average molecular weight is 280 g/mol. The van der Waals surface area contributed by atoms with Crippen LogP contribution in [0.4, 0.5) is 11.5 Å². The summed E-state index contributed by atoms with van der Waals surface area (Å²) in [6, 6.07) is 1.37. The van der Waals surface area contributed by atoms with Gasteiger partial charge in [0.25, 0.3) is 11.6 Å². The molecule has 0 bridgehead atoms. The number of carbonyl (C=O) groups is 1. The van der Waals surface area contributed by atoms with E-state index in [4.69, 9.17) is 4.74 Å². The molecule has 0 saturated carbocycles. The van der Waals surface area contributed by atoms with Crippen molar-refractivity contribution in [1.82, 2.24) is 10.3 Å². The quantitative estimate of drug-likeness (QED) is 0.628. The molecule has 1 amide bonds. The highest BCUT2D eigenvalue weighted by Gasteiger charge is 2.24. The van der Waals surface area contributed by atoms with E-state index in [1.54, 1.807) is 7.05 Å². The molecule has 0 spiro atoms. The minimum atomic E-state index is -0.606. The Hall–Kier alpha value is -2.22. The summed E-state index contributed by atoms with van der Waals surface area (Å²) in [6.07, 6.45) is 2.51. The third kappa shape index (κ3) is 3.21. The van der Waals surface area contributed by atoms with Gasteiger partial charge >= 0.3 is 0 Å². The number of amides is 1. The van der Waals surface area contributed by atoms with Crippen LogP contribution in [0.25, 0.3) is 0 Å². The molecular weight excluding hydrogens is 264 g/mol. The molecule has 0 unspecified atom stereocenters. The van der Waals surface area contributed by atoms with E-state index >= 15 is 0 Å². The number of anilines is 1. The lowest BCUT2D eigenvalue weighted by Crippen LogP contribution is -2.39. The number of aromatic nitrogens is 1. The Kier molecular flexibility index (Phi) is 4.46. The fraction of sp³-hybridized carbons (Fsp3) is 0.500. The Morgan fingerprint density at radius 2 is 2.20 bits per heavy atom. The Bertz CT molecular complexity index is 514. The van der Waals surface area contributed by atoms with Crippen LogP contribution in [0.15, 0.2) is 12.3 Å². The first kappa shape index (κ1) is 14.2. The van der Waals surface area contributed by atoms with Crippen LogP contribution in [-0.4, -0.2) is 42.1 Å². The smallest absolute Gasteiger partial charge is 0.300 e. The lowest BCUT2D eigenvalue weighted by Gasteiger charge is -2.23. The predicted molar refractivity (Wildman–Crippen MR) is 71.7 cm³/mol. The van der Waals surface area contributed by atoms with Crippen molar-refractivity contribution in [2.45, 2.75) is 18.9 Å². The zero-order valence-corrected chi connectivity index (χ0v) is 11.1. The van der Waals surface area contributed by atoms with E-state index in [1.165, 1.54) is 6.07 Å². The van der Waals surface area contributed by atoms with Crippen molar-refractivity contribution in [2.75, 3.05) is 25.6 Å². The summed E-state index contributed by atoms with van der Waals surface area (Å²) in [7, 11) is 1.63. The third-order valence-corrected chi connectivity index (χ3v) is 3.14. The number of ether oxygens (including phenoxy) is 1. The fourth-order valence-corrected chi connectivity index (χ4v) is 2.02. The molecule has 1 saturated heterocycles. The summed E-state index contributed by atoms with van der Waals surface area (Å²) >= 11 is 0. The molecule has 108 valence electrons. The van der Waals surface area contributed by atoms with Gasteiger partial charge in [0.2, 0.25) is 0 Å². The van der Waals surface area contributed by atoms with Gasteiger partial charge in [-0.25, -0.2) is 4.98 Å². The summed E-state index contributed by atoms with van der Waals surface area (Å²) in [5, 5.41) is 16.5. The number of nitrogens with one attached hydrogen (secondary N) is 2. The highest BCUT2D eigenvalue weighted by molar-refractivity contribution is 5.98. The van der Waals surface area contributed by atoms with E-state index in [2.05, 4.69) is 15.6 Å². The molecule has 0 atom stereocenters. The molecule has 2 rings (SSSR count). The van der Waals surface area contributed by atoms with Gasteiger partial charge in [0.1, 0.15) is 17.6 Å². The Balaban J connectivity index is 2.20. The predicted octanol–water partition coefficient (Wildman–Crippen LogP) is 0.940. The van der Waals surface area contributed by atoms with Crippen molar-refractivity contribution < 1.29 is 14.5 Å². The van der Waals surface area contributed by atoms with Crippen molar-refractivity contribution in [3.8, 4) is 0 Å². The van der Waals surface area contributed by atoms with Gasteiger partial charge in [-0.15, -0.1) is 0 Å². The second-order valence-corrected chi connectivity index (χ2v) is 4.45. The number of carbonyl (C=O) groups excluding carboxylic acids is 1. The van der Waals surface area contributed by atoms with E-state index in [-0.39, 0.29) is 17.3 Å². The maximum absolute atomic E-state index is 12.2. The van der Waals surface area contributed by atoms with Crippen LogP contribution >= 0.6 is 0 Å². The number of nitro groups is 1. The van der Waals surface area contributed by atoms with Gasteiger partial charge < -0.3 is 15.4 Å². The number of hydrogen-bond acceptors (Lipinski definition) is 6. The zero-order chi connectivity index (χ0) is 14.5. The van der Waals surface area contributed by atoms with Gasteiger partial charge in [0.15, 0.2) is 0 Å². The molecule has 2 heterocycles. The average Bonchev–Trinajstić information content (AvgIpc) is 2.47. The van der Waals surface area contributed by atoms with Gasteiger partial charge in [-0.3, -0.25) is 14.9 Å². The van der Waals surface area contributed by atoms with Crippen molar-refractivity contribution in [3.63, 3.8) is 0 Å². The minimum absolute atomic E-state index is 0.0120. The fourth-order valence-electron chi connectivity index (χ4n) is 2.02. The van der Waals surface area contributed by atoms with E-state index in [9.17, 15) is 14.9 Å². The van der Waals surface area contributed by atoms with Gasteiger partial charge in [-0.05, 0) is 12.8 Å². The van der Waals surface area contributed by atoms with Gasteiger partial charge in [0, 0.05) is 32.4 Å². The molecule has 0 radical (unpaired) electrons. The first-order valence-electron chi connectivity index (χ1n) is 6.32. The standard InChI is InChI=1S/C12H16N4O4/c1-13-11-6-9(10(7-14-11)16(18)19)12(17)15-8-2-4-20-5-3-8/h6-8H,2-5H2,1H3,(H,13,14)(H,15,17). The maximum Gasteiger partial charge on any atom is 0.300 e. The van der Waals surface area contributed by atoms with E-state index in [0.717, 1.165) is 6.20 Å². The minimum Gasteiger partial charge on any atom is -0.381 e. The number of pyridine rings is 1. The van der Waals surface area contributed by atoms with Crippen LogP contribution < -0.4 is 10.6 Å². The summed E-state index contributed by atoms with van der Waals surface area (Å²) < 4.78 is 5.21. The maximum atomic E-state index is 12.2. The molecule has 8 heteroatoms. The van der Waals surface area contributed by atoms with Crippen LogP contribution in [-0.2, 0) is 4.74 Å². The van der Waals surface area contributed by atoms with Crippen molar-refractivity contribution in [3.05, 3.63) is 27.9 Å². The molecule has 1 aliphatic rings. The van der Waals surface area contributed by atoms with Gasteiger partial charge in [-0.2, -0.15) is 0 Å². The van der Waals surface area contributed by atoms with Crippen LogP contribution in [0.1, 0.15) is 23.2 Å². The van der Waals surface area contributed by atoms with Crippen LogP contribution in [0.3, 0.4) is 0 Å². The normalized spacial score (nSPS) is 15.7. The van der Waals surface area contributed by atoms with E-state index in [0.29, 0.717) is 31.9 Å². The van der Waals surface area contributed by atoms with Crippen LogP contribution in [0.5, 0.6) is 0 Å². The van der Waals surface area contributed by atoms with Crippen LogP contribution in [0, 0.1) is 10.1 Å². The largest absolute Gasteiger partial charge is 0.381 e. The third-order valence-electron chi connectivity index (χ3n) is 3.14.